The van der Waals surface area contributed by atoms with Crippen LogP contribution in [0.5, 0.6) is 11.6 Å². The van der Waals surface area contributed by atoms with Crippen molar-refractivity contribution in [2.75, 3.05) is 7.11 Å². The molecule has 19 heavy (non-hydrogen) atoms. The molecule has 0 aliphatic rings. The molecule has 1 heterocycles. The molecule has 5 heteroatoms. The SMILES string of the molecule is COc1cc(C#N)ccc1COc1cccc(Br)n1. The highest BCUT2D eigenvalue weighted by Crippen LogP contribution is 2.22. The van der Waals surface area contributed by atoms with E-state index in [4.69, 9.17) is 14.7 Å². The Labute approximate surface area is 119 Å². The van der Waals surface area contributed by atoms with Gasteiger partial charge in [0.1, 0.15) is 17.0 Å². The standard InChI is InChI=1S/C14H11BrN2O2/c1-18-12-7-10(8-16)5-6-11(12)9-19-14-4-2-3-13(15)17-14/h2-7H,9H2,1H3. The zero-order chi connectivity index (χ0) is 13.7. The number of halogens is 1. The molecule has 0 amide bonds. The normalized spacial score (nSPS) is 9.74. The first-order valence-corrected chi connectivity index (χ1v) is 6.34. The molecule has 0 bridgehead atoms. The van der Waals surface area contributed by atoms with Crippen LogP contribution >= 0.6 is 15.9 Å². The molecule has 0 N–H and O–H groups in total. The van der Waals surface area contributed by atoms with Crippen LogP contribution in [0.2, 0.25) is 0 Å². The van der Waals surface area contributed by atoms with Crippen molar-refractivity contribution in [3.8, 4) is 17.7 Å². The van der Waals surface area contributed by atoms with Gasteiger partial charge in [-0.05, 0) is 34.1 Å². The lowest BCUT2D eigenvalue weighted by molar-refractivity contribution is 0.285. The Balaban J connectivity index is 2.13. The summed E-state index contributed by atoms with van der Waals surface area (Å²) in [6.45, 7) is 0.332. The van der Waals surface area contributed by atoms with E-state index in [0.717, 1.165) is 10.2 Å². The number of rotatable bonds is 4. The summed E-state index contributed by atoms with van der Waals surface area (Å²) in [5, 5.41) is 8.83. The Morgan fingerprint density at radius 1 is 1.32 bits per heavy atom. The van der Waals surface area contributed by atoms with Crippen LogP contribution in [0.15, 0.2) is 41.0 Å². The molecular weight excluding hydrogens is 308 g/mol. The lowest BCUT2D eigenvalue weighted by Crippen LogP contribution is -2.00. The average molecular weight is 319 g/mol. The predicted octanol–water partition coefficient (Wildman–Crippen LogP) is 3.30. The van der Waals surface area contributed by atoms with Gasteiger partial charge in [0.2, 0.25) is 5.88 Å². The molecule has 0 radical (unpaired) electrons. The van der Waals surface area contributed by atoms with Gasteiger partial charge < -0.3 is 9.47 Å². The Kier molecular flexibility index (Phi) is 4.37. The lowest BCUT2D eigenvalue weighted by atomic mass is 10.1. The van der Waals surface area contributed by atoms with E-state index in [1.807, 2.05) is 18.2 Å². The quantitative estimate of drug-likeness (QED) is 0.811. The van der Waals surface area contributed by atoms with Gasteiger partial charge in [-0.25, -0.2) is 4.98 Å². The summed E-state index contributed by atoms with van der Waals surface area (Å²) in [5.41, 5.74) is 1.42. The van der Waals surface area contributed by atoms with Crippen molar-refractivity contribution in [3.05, 3.63) is 52.1 Å². The number of ether oxygens (including phenoxy) is 2. The fourth-order valence-corrected chi connectivity index (χ4v) is 1.88. The second-order valence-electron chi connectivity index (χ2n) is 3.73. The summed E-state index contributed by atoms with van der Waals surface area (Å²) in [4.78, 5) is 4.18. The Hall–Kier alpha value is -2.06. The summed E-state index contributed by atoms with van der Waals surface area (Å²) in [7, 11) is 1.57. The molecule has 0 fully saturated rings. The van der Waals surface area contributed by atoms with Gasteiger partial charge in [-0.15, -0.1) is 0 Å². The van der Waals surface area contributed by atoms with Crippen molar-refractivity contribution in [1.29, 1.82) is 5.26 Å². The first-order valence-electron chi connectivity index (χ1n) is 5.55. The molecule has 0 saturated carbocycles. The predicted molar refractivity (Wildman–Crippen MR) is 74.0 cm³/mol. The van der Waals surface area contributed by atoms with Crippen LogP contribution in [0.1, 0.15) is 11.1 Å². The number of benzene rings is 1. The van der Waals surface area contributed by atoms with Crippen LogP contribution < -0.4 is 9.47 Å². The van der Waals surface area contributed by atoms with Crippen molar-refractivity contribution < 1.29 is 9.47 Å². The van der Waals surface area contributed by atoms with Crippen LogP contribution in [0.25, 0.3) is 0 Å². The zero-order valence-corrected chi connectivity index (χ0v) is 11.8. The Morgan fingerprint density at radius 3 is 2.84 bits per heavy atom. The molecule has 0 atom stereocenters. The minimum Gasteiger partial charge on any atom is -0.496 e. The smallest absolute Gasteiger partial charge is 0.214 e. The Morgan fingerprint density at radius 2 is 2.16 bits per heavy atom. The summed E-state index contributed by atoms with van der Waals surface area (Å²) in [5.74, 6) is 1.16. The number of hydrogen-bond donors (Lipinski definition) is 0. The minimum atomic E-state index is 0.332. The number of aromatic nitrogens is 1. The molecule has 0 saturated heterocycles. The molecule has 2 aromatic rings. The van der Waals surface area contributed by atoms with Crippen molar-refractivity contribution in [3.63, 3.8) is 0 Å². The van der Waals surface area contributed by atoms with E-state index < -0.39 is 0 Å². The van der Waals surface area contributed by atoms with E-state index in [9.17, 15) is 0 Å². The topological polar surface area (TPSA) is 55.1 Å². The first-order chi connectivity index (χ1) is 9.22. The van der Waals surface area contributed by atoms with Crippen LogP contribution in [0.4, 0.5) is 0 Å². The van der Waals surface area contributed by atoms with E-state index >= 15 is 0 Å². The molecule has 1 aromatic carbocycles. The number of methoxy groups -OCH3 is 1. The van der Waals surface area contributed by atoms with Gasteiger partial charge in [0.15, 0.2) is 0 Å². The van der Waals surface area contributed by atoms with Crippen LogP contribution in [0.3, 0.4) is 0 Å². The van der Waals surface area contributed by atoms with E-state index in [1.54, 1.807) is 25.3 Å². The van der Waals surface area contributed by atoms with Crippen LogP contribution in [-0.2, 0) is 6.61 Å². The first kappa shape index (κ1) is 13.4. The highest BCUT2D eigenvalue weighted by Gasteiger charge is 2.06. The van der Waals surface area contributed by atoms with Gasteiger partial charge in [-0.1, -0.05) is 12.1 Å². The van der Waals surface area contributed by atoms with Crippen molar-refractivity contribution >= 4 is 15.9 Å². The number of nitriles is 1. The van der Waals surface area contributed by atoms with Crippen molar-refractivity contribution in [2.24, 2.45) is 0 Å². The van der Waals surface area contributed by atoms with Gasteiger partial charge >= 0.3 is 0 Å². The van der Waals surface area contributed by atoms with E-state index in [-0.39, 0.29) is 0 Å². The molecular formula is C14H11BrN2O2. The fourth-order valence-electron chi connectivity index (χ4n) is 1.56. The third-order valence-electron chi connectivity index (χ3n) is 2.48. The molecule has 0 aliphatic heterocycles. The lowest BCUT2D eigenvalue weighted by Gasteiger charge is -2.10. The maximum atomic E-state index is 8.83. The summed E-state index contributed by atoms with van der Waals surface area (Å²) in [6.07, 6.45) is 0. The highest BCUT2D eigenvalue weighted by molar-refractivity contribution is 9.10. The molecule has 1 aromatic heterocycles. The summed E-state index contributed by atoms with van der Waals surface area (Å²) >= 11 is 3.28. The van der Waals surface area contributed by atoms with Crippen molar-refractivity contribution in [1.82, 2.24) is 4.98 Å². The van der Waals surface area contributed by atoms with Gasteiger partial charge in [0.05, 0.1) is 18.7 Å². The summed E-state index contributed by atoms with van der Waals surface area (Å²) in [6, 6.07) is 12.8. The van der Waals surface area contributed by atoms with E-state index in [0.29, 0.717) is 23.8 Å². The Bertz CT molecular complexity index is 623. The maximum Gasteiger partial charge on any atom is 0.214 e. The van der Waals surface area contributed by atoms with Gasteiger partial charge in [0, 0.05) is 11.6 Å². The minimum absolute atomic E-state index is 0.332. The molecule has 0 unspecified atom stereocenters. The molecule has 4 nitrogen and oxygen atoms in total. The van der Waals surface area contributed by atoms with Crippen LogP contribution in [0, 0.1) is 11.3 Å². The maximum absolute atomic E-state index is 8.83. The van der Waals surface area contributed by atoms with Gasteiger partial charge in [-0.2, -0.15) is 5.26 Å². The zero-order valence-electron chi connectivity index (χ0n) is 10.3. The summed E-state index contributed by atoms with van der Waals surface area (Å²) < 4.78 is 11.5. The third kappa shape index (κ3) is 3.46. The van der Waals surface area contributed by atoms with Gasteiger partial charge in [-0.3, -0.25) is 0 Å². The van der Waals surface area contributed by atoms with E-state index in [2.05, 4.69) is 27.0 Å². The van der Waals surface area contributed by atoms with Gasteiger partial charge in [0.25, 0.3) is 0 Å². The number of nitrogens with zero attached hydrogens (tertiary/aromatic N) is 2. The van der Waals surface area contributed by atoms with E-state index in [1.165, 1.54) is 0 Å². The average Bonchev–Trinajstić information content (AvgIpc) is 2.45. The third-order valence-corrected chi connectivity index (χ3v) is 2.92. The molecule has 96 valence electrons. The van der Waals surface area contributed by atoms with Crippen molar-refractivity contribution in [2.45, 2.75) is 6.61 Å². The highest BCUT2D eigenvalue weighted by atomic mass is 79.9. The monoisotopic (exact) mass is 318 g/mol. The molecule has 0 aliphatic carbocycles. The fraction of sp³-hybridized carbons (Fsp3) is 0.143. The molecule has 0 spiro atoms. The largest absolute Gasteiger partial charge is 0.496 e. The number of pyridine rings is 1. The second-order valence-corrected chi connectivity index (χ2v) is 4.54. The number of hydrogen-bond acceptors (Lipinski definition) is 4. The molecule has 2 rings (SSSR count). The second kappa shape index (κ2) is 6.21. The van der Waals surface area contributed by atoms with Crippen LogP contribution in [-0.4, -0.2) is 12.1 Å².